The first-order valence-electron chi connectivity index (χ1n) is 10.5. The van der Waals surface area contributed by atoms with Crippen molar-refractivity contribution in [1.29, 1.82) is 5.26 Å². The van der Waals surface area contributed by atoms with Crippen LogP contribution in [0.15, 0.2) is 71.6 Å². The third-order valence-electron chi connectivity index (χ3n) is 5.08. The average Bonchev–Trinajstić information content (AvgIpc) is 3.12. The molecule has 36 heavy (non-hydrogen) atoms. The van der Waals surface area contributed by atoms with Gasteiger partial charge in [0.15, 0.2) is 0 Å². The van der Waals surface area contributed by atoms with Crippen molar-refractivity contribution in [2.24, 2.45) is 0 Å². The number of nitrogens with one attached hydrogen (secondary N) is 1. The standard InChI is InChI=1S/C26H17ClFN3O4S/c27-21-11-16(5-10-22(21)35-15-18-4-2-1-3-17(18)13-29)12-23-25(33)31(26(34)36-23)14-24(32)30-20-8-6-19(28)7-9-20/h1-12H,14-15H2,(H,30,32)/b23-12-. The van der Waals surface area contributed by atoms with Crippen LogP contribution in [0.1, 0.15) is 16.7 Å². The van der Waals surface area contributed by atoms with Crippen molar-refractivity contribution < 1.29 is 23.5 Å². The average molecular weight is 522 g/mol. The molecule has 1 aliphatic rings. The molecule has 0 aromatic heterocycles. The van der Waals surface area contributed by atoms with Gasteiger partial charge in [0.1, 0.15) is 24.7 Å². The van der Waals surface area contributed by atoms with E-state index in [2.05, 4.69) is 11.4 Å². The van der Waals surface area contributed by atoms with Crippen LogP contribution in [0.4, 0.5) is 14.9 Å². The number of nitriles is 1. The predicted molar refractivity (Wildman–Crippen MR) is 135 cm³/mol. The van der Waals surface area contributed by atoms with E-state index in [1.807, 2.05) is 6.07 Å². The molecule has 10 heteroatoms. The Balaban J connectivity index is 1.40. The fraction of sp³-hybridized carbons (Fsp3) is 0.0769. The van der Waals surface area contributed by atoms with E-state index < -0.39 is 29.4 Å². The summed E-state index contributed by atoms with van der Waals surface area (Å²) < 4.78 is 18.8. The van der Waals surface area contributed by atoms with Crippen LogP contribution in [0.3, 0.4) is 0 Å². The predicted octanol–water partition coefficient (Wildman–Crippen LogP) is 5.60. The number of imide groups is 1. The molecule has 0 saturated carbocycles. The minimum absolute atomic E-state index is 0.141. The second-order valence-electron chi connectivity index (χ2n) is 7.57. The number of hydrogen-bond acceptors (Lipinski definition) is 6. The number of amides is 3. The minimum atomic E-state index is -0.608. The summed E-state index contributed by atoms with van der Waals surface area (Å²) in [5, 5.41) is 11.4. The maximum absolute atomic E-state index is 13.0. The van der Waals surface area contributed by atoms with Crippen LogP contribution < -0.4 is 10.1 Å². The Bertz CT molecular complexity index is 1420. The number of carbonyl (C=O) groups is 3. The summed E-state index contributed by atoms with van der Waals surface area (Å²) >= 11 is 7.05. The van der Waals surface area contributed by atoms with Crippen LogP contribution in [0.25, 0.3) is 6.08 Å². The number of hydrogen-bond donors (Lipinski definition) is 1. The zero-order valence-corrected chi connectivity index (χ0v) is 20.1. The van der Waals surface area contributed by atoms with Crippen molar-refractivity contribution in [2.45, 2.75) is 6.61 Å². The molecule has 7 nitrogen and oxygen atoms in total. The van der Waals surface area contributed by atoms with Crippen LogP contribution in [0, 0.1) is 17.1 Å². The largest absolute Gasteiger partial charge is 0.487 e. The van der Waals surface area contributed by atoms with Gasteiger partial charge in [0, 0.05) is 11.3 Å². The summed E-state index contributed by atoms with van der Waals surface area (Å²) in [5.41, 5.74) is 2.13. The molecular formula is C26H17ClFN3O4S. The molecule has 0 radical (unpaired) electrons. The van der Waals surface area contributed by atoms with Crippen LogP contribution >= 0.6 is 23.4 Å². The zero-order valence-electron chi connectivity index (χ0n) is 18.5. The fourth-order valence-electron chi connectivity index (χ4n) is 3.30. The summed E-state index contributed by atoms with van der Waals surface area (Å²) in [5.74, 6) is -1.25. The number of carbonyl (C=O) groups excluding carboxylic acids is 3. The quantitative estimate of drug-likeness (QED) is 0.406. The van der Waals surface area contributed by atoms with Crippen molar-refractivity contribution in [3.8, 4) is 11.8 Å². The Labute approximate surface area is 215 Å². The molecule has 3 aromatic rings. The third-order valence-corrected chi connectivity index (χ3v) is 6.28. The Morgan fingerprint density at radius 3 is 2.61 bits per heavy atom. The Hall–Kier alpha value is -4.13. The monoisotopic (exact) mass is 521 g/mol. The highest BCUT2D eigenvalue weighted by Gasteiger charge is 2.36. The van der Waals surface area contributed by atoms with E-state index in [4.69, 9.17) is 16.3 Å². The molecule has 180 valence electrons. The molecular weight excluding hydrogens is 505 g/mol. The van der Waals surface area contributed by atoms with Gasteiger partial charge in [-0.2, -0.15) is 5.26 Å². The lowest BCUT2D eigenvalue weighted by molar-refractivity contribution is -0.127. The van der Waals surface area contributed by atoms with Crippen molar-refractivity contribution in [3.05, 3.63) is 99.2 Å². The summed E-state index contributed by atoms with van der Waals surface area (Å²) in [6.45, 7) is -0.321. The van der Waals surface area contributed by atoms with Crippen molar-refractivity contribution >= 4 is 52.2 Å². The van der Waals surface area contributed by atoms with Crippen molar-refractivity contribution in [3.63, 3.8) is 0 Å². The van der Waals surface area contributed by atoms with E-state index >= 15 is 0 Å². The molecule has 3 aromatic carbocycles. The first-order valence-corrected chi connectivity index (χ1v) is 11.7. The van der Waals surface area contributed by atoms with Gasteiger partial charge in [-0.3, -0.25) is 19.3 Å². The van der Waals surface area contributed by atoms with Gasteiger partial charge in [-0.1, -0.05) is 35.9 Å². The molecule has 0 aliphatic carbocycles. The van der Waals surface area contributed by atoms with E-state index in [0.29, 0.717) is 34.3 Å². The first kappa shape index (κ1) is 25.0. The van der Waals surface area contributed by atoms with Crippen molar-refractivity contribution in [1.82, 2.24) is 4.90 Å². The third kappa shape index (κ3) is 5.92. The maximum Gasteiger partial charge on any atom is 0.294 e. The molecule has 1 saturated heterocycles. The molecule has 0 atom stereocenters. The van der Waals surface area contributed by atoms with E-state index in [9.17, 15) is 24.0 Å². The number of halogens is 2. The van der Waals surface area contributed by atoms with E-state index in [0.717, 1.165) is 10.5 Å². The van der Waals surface area contributed by atoms with Gasteiger partial charge in [-0.05, 0) is 65.9 Å². The van der Waals surface area contributed by atoms with Crippen LogP contribution in [0.2, 0.25) is 5.02 Å². The van der Waals surface area contributed by atoms with E-state index in [1.54, 1.807) is 36.4 Å². The Morgan fingerprint density at radius 1 is 1.14 bits per heavy atom. The molecule has 1 aliphatic heterocycles. The lowest BCUT2D eigenvalue weighted by Gasteiger charge is -2.12. The number of benzene rings is 3. The zero-order chi connectivity index (χ0) is 25.7. The van der Waals surface area contributed by atoms with Gasteiger partial charge in [0.25, 0.3) is 11.1 Å². The topological polar surface area (TPSA) is 99.5 Å². The summed E-state index contributed by atoms with van der Waals surface area (Å²) in [6, 6.07) is 19.2. The molecule has 1 fully saturated rings. The van der Waals surface area contributed by atoms with Gasteiger partial charge in [-0.15, -0.1) is 0 Å². The Morgan fingerprint density at radius 2 is 1.89 bits per heavy atom. The molecule has 4 rings (SSSR count). The maximum atomic E-state index is 13.0. The van der Waals surface area contributed by atoms with Crippen molar-refractivity contribution in [2.75, 3.05) is 11.9 Å². The second-order valence-corrected chi connectivity index (χ2v) is 8.97. The summed E-state index contributed by atoms with van der Waals surface area (Å²) in [6.07, 6.45) is 1.50. The van der Waals surface area contributed by atoms with Gasteiger partial charge < -0.3 is 10.1 Å². The molecule has 0 unspecified atom stereocenters. The van der Waals surface area contributed by atoms with Gasteiger partial charge in [0.05, 0.1) is 21.6 Å². The summed E-state index contributed by atoms with van der Waals surface area (Å²) in [4.78, 5) is 38.3. The van der Waals surface area contributed by atoms with Crippen LogP contribution in [-0.4, -0.2) is 28.5 Å². The number of nitrogens with zero attached hydrogens (tertiary/aromatic N) is 2. The van der Waals surface area contributed by atoms with E-state index in [-0.39, 0.29) is 16.5 Å². The minimum Gasteiger partial charge on any atom is -0.487 e. The second kappa shape index (κ2) is 11.1. The lowest BCUT2D eigenvalue weighted by Crippen LogP contribution is -2.36. The molecule has 0 bridgehead atoms. The first-order chi connectivity index (χ1) is 17.3. The summed E-state index contributed by atoms with van der Waals surface area (Å²) in [7, 11) is 0. The lowest BCUT2D eigenvalue weighted by atomic mass is 10.1. The molecule has 3 amide bonds. The van der Waals surface area contributed by atoms with Gasteiger partial charge in [0.2, 0.25) is 5.91 Å². The Kier molecular flexibility index (Phi) is 7.68. The molecule has 1 N–H and O–H groups in total. The number of rotatable bonds is 7. The highest BCUT2D eigenvalue weighted by molar-refractivity contribution is 8.18. The number of ether oxygens (including phenoxy) is 1. The number of anilines is 1. The normalized spacial score (nSPS) is 14.1. The van der Waals surface area contributed by atoms with E-state index in [1.165, 1.54) is 30.3 Å². The van der Waals surface area contributed by atoms with Gasteiger partial charge >= 0.3 is 0 Å². The highest BCUT2D eigenvalue weighted by Crippen LogP contribution is 2.34. The molecule has 0 spiro atoms. The SMILES string of the molecule is N#Cc1ccccc1COc1ccc(/C=C2\SC(=O)N(CC(=O)Nc3ccc(F)cc3)C2=O)cc1Cl. The number of thioether (sulfide) groups is 1. The van der Waals surface area contributed by atoms with Gasteiger partial charge in [-0.25, -0.2) is 4.39 Å². The smallest absolute Gasteiger partial charge is 0.294 e. The fourth-order valence-corrected chi connectivity index (χ4v) is 4.38. The van der Waals surface area contributed by atoms with Crippen LogP contribution in [-0.2, 0) is 16.2 Å². The highest BCUT2D eigenvalue weighted by atomic mass is 35.5. The molecule has 1 heterocycles. The van der Waals surface area contributed by atoms with Crippen LogP contribution in [0.5, 0.6) is 5.75 Å².